The van der Waals surface area contributed by atoms with Crippen molar-refractivity contribution < 1.29 is 23.1 Å². The van der Waals surface area contributed by atoms with E-state index in [0.29, 0.717) is 24.3 Å². The van der Waals surface area contributed by atoms with Gasteiger partial charge in [-0.05, 0) is 63.5 Å². The van der Waals surface area contributed by atoms with Crippen LogP contribution < -0.4 is 4.74 Å². The number of benzene rings is 1. The number of rotatable bonds is 4. The van der Waals surface area contributed by atoms with Crippen molar-refractivity contribution in [3.8, 4) is 5.75 Å². The maximum absolute atomic E-state index is 14.3. The number of likely N-dealkylation sites (tertiary alicyclic amines) is 1. The minimum atomic E-state index is -2.35. The maximum atomic E-state index is 14.3. The van der Waals surface area contributed by atoms with E-state index in [4.69, 9.17) is 13.9 Å². The van der Waals surface area contributed by atoms with Crippen LogP contribution >= 0.6 is 0 Å². The third kappa shape index (κ3) is 4.94. The van der Waals surface area contributed by atoms with Gasteiger partial charge in [-0.2, -0.15) is 0 Å². The molecule has 1 atom stereocenters. The van der Waals surface area contributed by atoms with E-state index in [1.54, 1.807) is 18.1 Å². The van der Waals surface area contributed by atoms with Gasteiger partial charge in [0.15, 0.2) is 14.0 Å². The molecule has 1 heterocycles. The van der Waals surface area contributed by atoms with E-state index in [0.717, 1.165) is 6.42 Å². The standard InChI is InChI=1S/C22H36FNO4Si/c1-20(2,3)27-19(25)24-14-10-13-22(24,28-29(8,9)21(4,5)6)17-15-16(23)11-12-18(17)26-7/h11-12,15H,10,13-14H2,1-9H3. The normalized spacial score (nSPS) is 20.7. The molecule has 1 aromatic rings. The van der Waals surface area contributed by atoms with Crippen LogP contribution in [0.15, 0.2) is 18.2 Å². The van der Waals surface area contributed by atoms with Gasteiger partial charge in [-0.25, -0.2) is 9.18 Å². The predicted octanol–water partition coefficient (Wildman–Crippen LogP) is 6.04. The van der Waals surface area contributed by atoms with Crippen molar-refractivity contribution in [1.29, 1.82) is 0 Å². The Labute approximate surface area is 175 Å². The quantitative estimate of drug-likeness (QED) is 0.552. The van der Waals surface area contributed by atoms with E-state index in [1.165, 1.54) is 12.1 Å². The second-order valence-corrected chi connectivity index (χ2v) is 15.0. The lowest BCUT2D eigenvalue weighted by molar-refractivity contribution is -0.0802. The van der Waals surface area contributed by atoms with Crippen molar-refractivity contribution in [2.45, 2.75) is 83.8 Å². The Hall–Kier alpha value is -1.60. The number of carbonyl (C=O) groups is 1. The second kappa shape index (κ2) is 7.91. The summed E-state index contributed by atoms with van der Waals surface area (Å²) in [7, 11) is -0.807. The van der Waals surface area contributed by atoms with Crippen molar-refractivity contribution in [3.63, 3.8) is 0 Å². The summed E-state index contributed by atoms with van der Waals surface area (Å²) in [5, 5.41) is -0.0945. The summed E-state index contributed by atoms with van der Waals surface area (Å²) in [6, 6.07) is 4.37. The molecular weight excluding hydrogens is 389 g/mol. The number of hydrogen-bond donors (Lipinski definition) is 0. The molecule has 1 amide bonds. The fraction of sp³-hybridized carbons (Fsp3) is 0.682. The lowest BCUT2D eigenvalue weighted by atomic mass is 9.98. The van der Waals surface area contributed by atoms with Crippen molar-refractivity contribution in [2.24, 2.45) is 0 Å². The summed E-state index contributed by atoms with van der Waals surface area (Å²) in [6.45, 7) is 16.7. The Bertz CT molecular complexity index is 754. The zero-order valence-corrected chi connectivity index (χ0v) is 20.3. The van der Waals surface area contributed by atoms with Crippen molar-refractivity contribution in [1.82, 2.24) is 4.90 Å². The van der Waals surface area contributed by atoms with Crippen LogP contribution in [0, 0.1) is 5.82 Å². The molecule has 0 bridgehead atoms. The van der Waals surface area contributed by atoms with Gasteiger partial charge in [-0.1, -0.05) is 20.8 Å². The van der Waals surface area contributed by atoms with Gasteiger partial charge in [0.05, 0.1) is 7.11 Å². The molecule has 1 aromatic carbocycles. The summed E-state index contributed by atoms with van der Waals surface area (Å²) in [5.74, 6) is 0.107. The molecule has 7 heteroatoms. The third-order valence-corrected chi connectivity index (χ3v) is 10.2. The van der Waals surface area contributed by atoms with Gasteiger partial charge in [-0.3, -0.25) is 4.90 Å². The molecule has 1 fully saturated rings. The first-order valence-electron chi connectivity index (χ1n) is 10.2. The maximum Gasteiger partial charge on any atom is 0.412 e. The molecule has 2 rings (SSSR count). The summed E-state index contributed by atoms with van der Waals surface area (Å²) >= 11 is 0. The number of hydrogen-bond acceptors (Lipinski definition) is 4. The van der Waals surface area contributed by atoms with Crippen LogP contribution in [0.25, 0.3) is 0 Å². The van der Waals surface area contributed by atoms with Crippen molar-refractivity contribution in [3.05, 3.63) is 29.6 Å². The van der Waals surface area contributed by atoms with E-state index < -0.39 is 31.6 Å². The van der Waals surface area contributed by atoms with Gasteiger partial charge in [0.2, 0.25) is 0 Å². The van der Waals surface area contributed by atoms with Crippen LogP contribution in [0.3, 0.4) is 0 Å². The number of methoxy groups -OCH3 is 1. The van der Waals surface area contributed by atoms with E-state index in [9.17, 15) is 9.18 Å². The van der Waals surface area contributed by atoms with Crippen LogP contribution in [0.4, 0.5) is 9.18 Å². The smallest absolute Gasteiger partial charge is 0.412 e. The minimum absolute atomic E-state index is 0.0945. The van der Waals surface area contributed by atoms with Gasteiger partial charge in [-0.15, -0.1) is 0 Å². The number of carbonyl (C=O) groups excluding carboxylic acids is 1. The molecule has 29 heavy (non-hydrogen) atoms. The first-order valence-corrected chi connectivity index (χ1v) is 13.1. The Morgan fingerprint density at radius 2 is 1.79 bits per heavy atom. The zero-order valence-electron chi connectivity index (χ0n) is 19.3. The van der Waals surface area contributed by atoms with Gasteiger partial charge in [0, 0.05) is 18.5 Å². The van der Waals surface area contributed by atoms with Gasteiger partial charge < -0.3 is 13.9 Å². The highest BCUT2D eigenvalue weighted by molar-refractivity contribution is 6.74. The number of nitrogens with zero attached hydrogens (tertiary/aromatic N) is 1. The molecule has 0 aromatic heterocycles. The van der Waals surface area contributed by atoms with E-state index in [2.05, 4.69) is 33.9 Å². The molecule has 1 unspecified atom stereocenters. The van der Waals surface area contributed by atoms with Crippen LogP contribution in [0.2, 0.25) is 18.1 Å². The summed E-state index contributed by atoms with van der Waals surface area (Å²) in [5.41, 5.74) is -1.24. The summed E-state index contributed by atoms with van der Waals surface area (Å²) in [4.78, 5) is 14.8. The topological polar surface area (TPSA) is 48.0 Å². The second-order valence-electron chi connectivity index (χ2n) is 10.2. The Balaban J connectivity index is 2.66. The lowest BCUT2D eigenvalue weighted by Gasteiger charge is -2.48. The van der Waals surface area contributed by atoms with Gasteiger partial charge in [0.1, 0.15) is 17.2 Å². The third-order valence-electron chi connectivity index (χ3n) is 5.76. The van der Waals surface area contributed by atoms with Crippen LogP contribution in [-0.4, -0.2) is 38.6 Å². The SMILES string of the molecule is COc1ccc(F)cc1C1(O[Si](C)(C)C(C)(C)C)CCCN1C(=O)OC(C)(C)C. The zero-order chi connectivity index (χ0) is 22.3. The molecule has 1 aliphatic heterocycles. The van der Waals surface area contributed by atoms with Crippen molar-refractivity contribution >= 4 is 14.4 Å². The molecular formula is C22H36FNO4Si. The largest absolute Gasteiger partial charge is 0.496 e. The molecule has 5 nitrogen and oxygen atoms in total. The first-order chi connectivity index (χ1) is 13.1. The molecule has 0 saturated carbocycles. The average Bonchev–Trinajstić information content (AvgIpc) is 2.96. The molecule has 0 spiro atoms. The lowest BCUT2D eigenvalue weighted by Crippen LogP contribution is -2.56. The van der Waals surface area contributed by atoms with Gasteiger partial charge >= 0.3 is 6.09 Å². The number of ether oxygens (including phenoxy) is 2. The van der Waals surface area contributed by atoms with Gasteiger partial charge in [0.25, 0.3) is 0 Å². The van der Waals surface area contributed by atoms with E-state index in [-0.39, 0.29) is 5.04 Å². The molecule has 1 saturated heterocycles. The monoisotopic (exact) mass is 425 g/mol. The fourth-order valence-electron chi connectivity index (χ4n) is 3.35. The molecule has 1 aliphatic rings. The highest BCUT2D eigenvalue weighted by Crippen LogP contribution is 2.50. The molecule has 164 valence electrons. The van der Waals surface area contributed by atoms with Crippen molar-refractivity contribution in [2.75, 3.05) is 13.7 Å². The summed E-state index contributed by atoms with van der Waals surface area (Å²) in [6.07, 6.45) is 0.826. The van der Waals surface area contributed by atoms with Crippen LogP contribution in [0.5, 0.6) is 5.75 Å². The van der Waals surface area contributed by atoms with Crippen LogP contribution in [-0.2, 0) is 14.9 Å². The van der Waals surface area contributed by atoms with E-state index >= 15 is 0 Å². The van der Waals surface area contributed by atoms with E-state index in [1.807, 2.05) is 20.8 Å². The average molecular weight is 426 g/mol. The highest BCUT2D eigenvalue weighted by atomic mass is 28.4. The molecule has 0 radical (unpaired) electrons. The summed E-state index contributed by atoms with van der Waals surface area (Å²) < 4.78 is 32.5. The molecule has 0 aliphatic carbocycles. The number of amides is 1. The minimum Gasteiger partial charge on any atom is -0.496 e. The number of halogens is 1. The Kier molecular flexibility index (Phi) is 6.46. The molecule has 0 N–H and O–H groups in total. The Morgan fingerprint density at radius 3 is 2.31 bits per heavy atom. The fourth-order valence-corrected chi connectivity index (χ4v) is 4.82. The predicted molar refractivity (Wildman–Crippen MR) is 115 cm³/mol. The first kappa shape index (κ1) is 23.7. The highest BCUT2D eigenvalue weighted by Gasteiger charge is 2.54. The Morgan fingerprint density at radius 1 is 1.17 bits per heavy atom. The van der Waals surface area contributed by atoms with Crippen LogP contribution in [0.1, 0.15) is 59.9 Å².